The number of rotatable bonds is 5. The number of fused-ring (bicyclic) bond motifs is 1. The minimum absolute atomic E-state index is 0.331. The number of carbonyl (C=O) groups excluding carboxylic acids is 1. The summed E-state index contributed by atoms with van der Waals surface area (Å²) in [7, 11) is 0. The maximum Gasteiger partial charge on any atom is 0.291 e. The minimum Gasteiger partial charge on any atom is -0.268 e. The fourth-order valence-electron chi connectivity index (χ4n) is 3.02. The lowest BCUT2D eigenvalue weighted by Gasteiger charge is -2.04. The van der Waals surface area contributed by atoms with Crippen LogP contribution in [0, 0.1) is 0 Å². The van der Waals surface area contributed by atoms with Crippen molar-refractivity contribution in [3.63, 3.8) is 0 Å². The summed E-state index contributed by atoms with van der Waals surface area (Å²) in [6.45, 7) is 2.47. The second-order valence-electron chi connectivity index (χ2n) is 6.73. The first kappa shape index (κ1) is 19.1. The van der Waals surface area contributed by atoms with E-state index < -0.39 is 0 Å². The zero-order valence-corrected chi connectivity index (χ0v) is 17.4. The first-order valence-corrected chi connectivity index (χ1v) is 9.99. The van der Waals surface area contributed by atoms with Crippen LogP contribution in [-0.2, 0) is 6.54 Å². The lowest BCUT2D eigenvalue weighted by atomic mass is 10.0. The Morgan fingerprint density at radius 1 is 1.03 bits per heavy atom. The number of carbonyl (C=O) groups is 1. The van der Waals surface area contributed by atoms with Gasteiger partial charge in [0.1, 0.15) is 0 Å². The van der Waals surface area contributed by atoms with Crippen molar-refractivity contribution in [3.8, 4) is 0 Å². The first-order chi connectivity index (χ1) is 14.1. The lowest BCUT2D eigenvalue weighted by molar-refractivity contribution is 0.0949. The monoisotopic (exact) mass is 446 g/mol. The average molecular weight is 447 g/mol. The standard InChI is InChI=1S/C23H19BrN4O/c1-16(19-9-8-18-4-2-3-5-20(18)14-19)25-26-23(29)22-12-13-28(27-22)15-17-6-10-21(24)11-7-17/h2-14H,15H2,1H3,(H,26,29)/b25-16+. The predicted octanol–water partition coefficient (Wildman–Crippen LogP) is 5.00. The molecule has 0 aliphatic rings. The SMILES string of the molecule is C/C(=N\NC(=O)c1ccn(Cc2ccc(Br)cc2)n1)c1ccc2ccccc2c1. The van der Waals surface area contributed by atoms with Gasteiger partial charge in [-0.2, -0.15) is 10.2 Å². The van der Waals surface area contributed by atoms with E-state index in [1.807, 2.05) is 49.4 Å². The zero-order chi connectivity index (χ0) is 20.2. The van der Waals surface area contributed by atoms with Gasteiger partial charge in [0.25, 0.3) is 5.91 Å². The van der Waals surface area contributed by atoms with Gasteiger partial charge in [-0.1, -0.05) is 64.5 Å². The number of hydrazone groups is 1. The summed E-state index contributed by atoms with van der Waals surface area (Å²) in [4.78, 5) is 12.4. The number of benzene rings is 3. The van der Waals surface area contributed by atoms with E-state index in [1.165, 1.54) is 5.39 Å². The number of nitrogens with one attached hydrogen (secondary N) is 1. The molecule has 3 aromatic carbocycles. The normalized spacial score (nSPS) is 11.6. The summed E-state index contributed by atoms with van der Waals surface area (Å²) in [6.07, 6.45) is 1.79. The molecule has 0 aliphatic carbocycles. The minimum atomic E-state index is -0.334. The smallest absolute Gasteiger partial charge is 0.268 e. The summed E-state index contributed by atoms with van der Waals surface area (Å²) in [5.74, 6) is -0.334. The van der Waals surface area contributed by atoms with Gasteiger partial charge in [-0.05, 0) is 53.1 Å². The van der Waals surface area contributed by atoms with Gasteiger partial charge in [-0.3, -0.25) is 9.48 Å². The summed E-state index contributed by atoms with van der Waals surface area (Å²) in [6, 6.07) is 23.9. The summed E-state index contributed by atoms with van der Waals surface area (Å²) in [5.41, 5.74) is 5.73. The summed E-state index contributed by atoms with van der Waals surface area (Å²) in [5, 5.41) is 10.9. The fraction of sp³-hybridized carbons (Fsp3) is 0.0870. The van der Waals surface area contributed by atoms with Crippen molar-refractivity contribution < 1.29 is 4.79 Å². The van der Waals surface area contributed by atoms with E-state index in [0.29, 0.717) is 12.2 Å². The molecular formula is C23H19BrN4O. The predicted molar refractivity (Wildman–Crippen MR) is 119 cm³/mol. The quantitative estimate of drug-likeness (QED) is 0.346. The highest BCUT2D eigenvalue weighted by Gasteiger charge is 2.09. The molecule has 4 rings (SSSR count). The van der Waals surface area contributed by atoms with Gasteiger partial charge in [0.15, 0.2) is 5.69 Å². The van der Waals surface area contributed by atoms with Crippen molar-refractivity contribution in [2.75, 3.05) is 0 Å². The molecule has 1 amide bonds. The number of amides is 1. The van der Waals surface area contributed by atoms with Gasteiger partial charge in [0.2, 0.25) is 0 Å². The molecule has 0 spiro atoms. The van der Waals surface area contributed by atoms with Crippen LogP contribution in [0.3, 0.4) is 0 Å². The first-order valence-electron chi connectivity index (χ1n) is 9.20. The molecule has 0 saturated carbocycles. The van der Waals surface area contributed by atoms with Gasteiger partial charge in [0.05, 0.1) is 12.3 Å². The number of aromatic nitrogens is 2. The third kappa shape index (κ3) is 4.60. The van der Waals surface area contributed by atoms with E-state index in [9.17, 15) is 4.79 Å². The van der Waals surface area contributed by atoms with Gasteiger partial charge in [0, 0.05) is 10.7 Å². The van der Waals surface area contributed by atoms with Crippen LogP contribution in [0.25, 0.3) is 10.8 Å². The molecule has 144 valence electrons. The second-order valence-corrected chi connectivity index (χ2v) is 7.64. The number of halogens is 1. The van der Waals surface area contributed by atoms with Crippen molar-refractivity contribution >= 4 is 38.3 Å². The van der Waals surface area contributed by atoms with E-state index in [4.69, 9.17) is 0 Å². The van der Waals surface area contributed by atoms with Crippen molar-refractivity contribution in [3.05, 3.63) is 100 Å². The molecule has 0 saturated heterocycles. The highest BCUT2D eigenvalue weighted by molar-refractivity contribution is 9.10. The van der Waals surface area contributed by atoms with Crippen LogP contribution < -0.4 is 5.43 Å². The molecule has 0 atom stereocenters. The van der Waals surface area contributed by atoms with Crippen LogP contribution in [0.2, 0.25) is 0 Å². The van der Waals surface area contributed by atoms with Crippen LogP contribution >= 0.6 is 15.9 Å². The Labute approximate surface area is 177 Å². The van der Waals surface area contributed by atoms with Gasteiger partial charge in [-0.25, -0.2) is 5.43 Å². The van der Waals surface area contributed by atoms with Crippen molar-refractivity contribution in [2.24, 2.45) is 5.10 Å². The van der Waals surface area contributed by atoms with Crippen LogP contribution in [0.15, 0.2) is 88.6 Å². The lowest BCUT2D eigenvalue weighted by Crippen LogP contribution is -2.20. The van der Waals surface area contributed by atoms with Gasteiger partial charge >= 0.3 is 0 Å². The average Bonchev–Trinajstić information content (AvgIpc) is 3.21. The molecule has 0 aliphatic heterocycles. The Balaban J connectivity index is 1.43. The van der Waals surface area contributed by atoms with E-state index in [-0.39, 0.29) is 5.91 Å². The molecule has 29 heavy (non-hydrogen) atoms. The number of hydrogen-bond acceptors (Lipinski definition) is 3. The van der Waals surface area contributed by atoms with Crippen LogP contribution in [0.4, 0.5) is 0 Å². The van der Waals surface area contributed by atoms with Crippen molar-refractivity contribution in [1.29, 1.82) is 0 Å². The second kappa shape index (κ2) is 8.41. The Morgan fingerprint density at radius 3 is 2.59 bits per heavy atom. The molecule has 1 N–H and O–H groups in total. The highest BCUT2D eigenvalue weighted by atomic mass is 79.9. The molecule has 0 bridgehead atoms. The Morgan fingerprint density at radius 2 is 1.79 bits per heavy atom. The fourth-order valence-corrected chi connectivity index (χ4v) is 3.28. The zero-order valence-electron chi connectivity index (χ0n) is 15.8. The summed E-state index contributed by atoms with van der Waals surface area (Å²) >= 11 is 3.42. The van der Waals surface area contributed by atoms with Crippen LogP contribution in [0.5, 0.6) is 0 Å². The summed E-state index contributed by atoms with van der Waals surface area (Å²) < 4.78 is 2.76. The number of hydrogen-bond donors (Lipinski definition) is 1. The van der Waals surface area contributed by atoms with E-state index in [0.717, 1.165) is 26.7 Å². The van der Waals surface area contributed by atoms with E-state index >= 15 is 0 Å². The van der Waals surface area contributed by atoms with Crippen LogP contribution in [-0.4, -0.2) is 21.4 Å². The van der Waals surface area contributed by atoms with Gasteiger partial charge < -0.3 is 0 Å². The Kier molecular flexibility index (Phi) is 5.53. The molecule has 5 nitrogen and oxygen atoms in total. The third-order valence-electron chi connectivity index (χ3n) is 4.62. The van der Waals surface area contributed by atoms with Gasteiger partial charge in [-0.15, -0.1) is 0 Å². The van der Waals surface area contributed by atoms with Crippen LogP contribution in [0.1, 0.15) is 28.5 Å². The number of nitrogens with zero attached hydrogens (tertiary/aromatic N) is 3. The Hall–Kier alpha value is -3.25. The third-order valence-corrected chi connectivity index (χ3v) is 5.15. The topological polar surface area (TPSA) is 59.3 Å². The maximum absolute atomic E-state index is 12.4. The molecule has 6 heteroatoms. The molecule has 4 aromatic rings. The molecular weight excluding hydrogens is 428 g/mol. The highest BCUT2D eigenvalue weighted by Crippen LogP contribution is 2.16. The van der Waals surface area contributed by atoms with Crippen molar-refractivity contribution in [2.45, 2.75) is 13.5 Å². The molecule has 0 unspecified atom stereocenters. The van der Waals surface area contributed by atoms with E-state index in [1.54, 1.807) is 16.9 Å². The largest absolute Gasteiger partial charge is 0.291 e. The maximum atomic E-state index is 12.4. The molecule has 1 heterocycles. The van der Waals surface area contributed by atoms with Crippen molar-refractivity contribution in [1.82, 2.24) is 15.2 Å². The Bertz CT molecular complexity index is 1190. The van der Waals surface area contributed by atoms with E-state index in [2.05, 4.69) is 55.8 Å². The molecule has 0 fully saturated rings. The molecule has 0 radical (unpaired) electrons. The molecule has 1 aromatic heterocycles.